The second-order valence-corrected chi connectivity index (χ2v) is 5.41. The maximum atomic E-state index is 11.9. The molecule has 0 unspecified atom stereocenters. The maximum Gasteiger partial charge on any atom is 0.330 e. The van der Waals surface area contributed by atoms with Gasteiger partial charge in [0.1, 0.15) is 5.69 Å². The summed E-state index contributed by atoms with van der Waals surface area (Å²) in [6, 6.07) is 0. The van der Waals surface area contributed by atoms with Gasteiger partial charge in [-0.3, -0.25) is 9.36 Å². The second-order valence-electron chi connectivity index (χ2n) is 5.41. The number of hydrogen-bond donors (Lipinski definition) is 1. The van der Waals surface area contributed by atoms with Crippen molar-refractivity contribution in [1.29, 1.82) is 0 Å². The predicted octanol–water partition coefficient (Wildman–Crippen LogP) is 2.27. The molecular weight excluding hydrogens is 254 g/mol. The van der Waals surface area contributed by atoms with E-state index in [-0.39, 0.29) is 16.9 Å². The first kappa shape index (κ1) is 16.5. The monoisotopic (exact) mass is 281 g/mol. The van der Waals surface area contributed by atoms with Crippen molar-refractivity contribution in [3.8, 4) is 0 Å². The second kappa shape index (κ2) is 8.61. The number of hydrogen-bond acceptors (Lipinski definition) is 3. The van der Waals surface area contributed by atoms with Crippen molar-refractivity contribution in [3.63, 3.8) is 0 Å². The number of unbranched alkanes of at least 4 members (excludes halogenated alkanes) is 7. The summed E-state index contributed by atoms with van der Waals surface area (Å²) in [4.78, 5) is 23.7. The van der Waals surface area contributed by atoms with Gasteiger partial charge >= 0.3 is 5.69 Å². The van der Waals surface area contributed by atoms with Gasteiger partial charge < -0.3 is 10.3 Å². The molecule has 1 aromatic heterocycles. The number of rotatable bonds is 9. The lowest BCUT2D eigenvalue weighted by atomic mass is 10.1. The van der Waals surface area contributed by atoms with Crippen LogP contribution in [0.2, 0.25) is 0 Å². The van der Waals surface area contributed by atoms with E-state index in [1.807, 2.05) is 0 Å². The van der Waals surface area contributed by atoms with Crippen LogP contribution < -0.4 is 17.0 Å². The lowest BCUT2D eigenvalue weighted by Crippen LogP contribution is -2.39. The number of nitrogens with zero attached hydrogens (tertiary/aromatic N) is 2. The summed E-state index contributed by atoms with van der Waals surface area (Å²) in [6.45, 7) is 2.68. The molecule has 0 bridgehead atoms. The largest absolute Gasteiger partial charge is 0.393 e. The third kappa shape index (κ3) is 4.87. The molecule has 0 aliphatic rings. The Morgan fingerprint density at radius 1 is 1.00 bits per heavy atom. The van der Waals surface area contributed by atoms with Crippen molar-refractivity contribution in [1.82, 2.24) is 9.13 Å². The molecule has 0 atom stereocenters. The molecule has 5 nitrogen and oxygen atoms in total. The van der Waals surface area contributed by atoms with Gasteiger partial charge in [0.05, 0.1) is 0 Å². The molecule has 0 aromatic carbocycles. The van der Waals surface area contributed by atoms with E-state index in [2.05, 4.69) is 6.92 Å². The Hall–Kier alpha value is -1.52. The molecular formula is C15H27N3O2. The van der Waals surface area contributed by atoms with Crippen molar-refractivity contribution >= 4 is 5.69 Å². The van der Waals surface area contributed by atoms with Gasteiger partial charge in [-0.1, -0.05) is 51.9 Å². The summed E-state index contributed by atoms with van der Waals surface area (Å²) in [5.41, 5.74) is 5.08. The van der Waals surface area contributed by atoms with Gasteiger partial charge in [0.15, 0.2) is 0 Å². The zero-order chi connectivity index (χ0) is 15.0. The summed E-state index contributed by atoms with van der Waals surface area (Å²) in [5.74, 6) is 0. The number of aryl methyl sites for hydroxylation is 1. The van der Waals surface area contributed by atoms with Crippen LogP contribution in [0.3, 0.4) is 0 Å². The Labute approximate surface area is 120 Å². The highest BCUT2D eigenvalue weighted by Crippen LogP contribution is 2.08. The molecule has 0 saturated heterocycles. The Balaban J connectivity index is 2.36. The van der Waals surface area contributed by atoms with Crippen LogP contribution in [0.1, 0.15) is 58.3 Å². The van der Waals surface area contributed by atoms with E-state index < -0.39 is 0 Å². The average Bonchev–Trinajstić information content (AvgIpc) is 2.43. The topological polar surface area (TPSA) is 70.0 Å². The summed E-state index contributed by atoms with van der Waals surface area (Å²) < 4.78 is 2.61. The van der Waals surface area contributed by atoms with Crippen LogP contribution in [0.25, 0.3) is 0 Å². The molecule has 114 valence electrons. The first-order valence-electron chi connectivity index (χ1n) is 7.64. The van der Waals surface area contributed by atoms with Gasteiger partial charge in [-0.15, -0.1) is 0 Å². The molecule has 1 rings (SSSR count). The summed E-state index contributed by atoms with van der Waals surface area (Å²) in [6.07, 6.45) is 10.9. The SMILES string of the molecule is CCCCCCCCCCn1c(=O)c(N)cn(C)c1=O. The Kier molecular flexibility index (Phi) is 7.12. The molecule has 0 fully saturated rings. The zero-order valence-corrected chi connectivity index (χ0v) is 12.7. The van der Waals surface area contributed by atoms with Crippen molar-refractivity contribution in [3.05, 3.63) is 27.0 Å². The van der Waals surface area contributed by atoms with E-state index in [9.17, 15) is 9.59 Å². The first-order chi connectivity index (χ1) is 9.57. The molecule has 0 spiro atoms. The van der Waals surface area contributed by atoms with E-state index in [0.29, 0.717) is 6.54 Å². The van der Waals surface area contributed by atoms with E-state index in [4.69, 9.17) is 5.73 Å². The lowest BCUT2D eigenvalue weighted by Gasteiger charge is -2.08. The highest BCUT2D eigenvalue weighted by Gasteiger charge is 2.06. The number of nitrogens with two attached hydrogens (primary N) is 1. The minimum atomic E-state index is -0.365. The van der Waals surface area contributed by atoms with Gasteiger partial charge in [-0.05, 0) is 6.42 Å². The van der Waals surface area contributed by atoms with Gasteiger partial charge in [0.25, 0.3) is 5.56 Å². The third-order valence-corrected chi connectivity index (χ3v) is 3.59. The minimum Gasteiger partial charge on any atom is -0.393 e. The number of aromatic nitrogens is 2. The van der Waals surface area contributed by atoms with Crippen LogP contribution in [-0.4, -0.2) is 9.13 Å². The normalized spacial score (nSPS) is 10.9. The van der Waals surface area contributed by atoms with Crippen molar-refractivity contribution in [2.24, 2.45) is 7.05 Å². The minimum absolute atomic E-state index is 0.131. The van der Waals surface area contributed by atoms with Crippen LogP contribution in [0, 0.1) is 0 Å². The molecule has 5 heteroatoms. The van der Waals surface area contributed by atoms with E-state index >= 15 is 0 Å². The standard InChI is InChI=1S/C15H27N3O2/c1-3-4-5-6-7-8-9-10-11-18-14(19)13(16)12-17(2)15(18)20/h12H,3-11,16H2,1-2H3. The van der Waals surface area contributed by atoms with E-state index in [0.717, 1.165) is 12.8 Å². The first-order valence-corrected chi connectivity index (χ1v) is 7.64. The van der Waals surface area contributed by atoms with Gasteiger partial charge in [0, 0.05) is 19.8 Å². The smallest absolute Gasteiger partial charge is 0.330 e. The third-order valence-electron chi connectivity index (χ3n) is 3.59. The molecule has 0 saturated carbocycles. The fourth-order valence-electron chi connectivity index (χ4n) is 2.35. The highest BCUT2D eigenvalue weighted by atomic mass is 16.2. The van der Waals surface area contributed by atoms with Gasteiger partial charge in [-0.2, -0.15) is 0 Å². The van der Waals surface area contributed by atoms with Crippen LogP contribution in [0.4, 0.5) is 5.69 Å². The Bertz CT molecular complexity index is 483. The molecule has 0 aliphatic carbocycles. The fraction of sp³-hybridized carbons (Fsp3) is 0.733. The van der Waals surface area contributed by atoms with Crippen molar-refractivity contribution in [2.45, 2.75) is 64.8 Å². The molecule has 20 heavy (non-hydrogen) atoms. The molecule has 0 amide bonds. The molecule has 1 heterocycles. The molecule has 0 radical (unpaired) electrons. The van der Waals surface area contributed by atoms with Crippen LogP contribution >= 0.6 is 0 Å². The van der Waals surface area contributed by atoms with E-state index in [1.54, 1.807) is 7.05 Å². The van der Waals surface area contributed by atoms with Crippen molar-refractivity contribution < 1.29 is 0 Å². The Morgan fingerprint density at radius 2 is 1.55 bits per heavy atom. The Morgan fingerprint density at radius 3 is 2.15 bits per heavy atom. The molecule has 0 aliphatic heterocycles. The average molecular weight is 281 g/mol. The number of anilines is 1. The van der Waals surface area contributed by atoms with E-state index in [1.165, 1.54) is 53.9 Å². The summed E-state index contributed by atoms with van der Waals surface area (Å²) >= 11 is 0. The lowest BCUT2D eigenvalue weighted by molar-refractivity contribution is 0.516. The van der Waals surface area contributed by atoms with Crippen LogP contribution in [-0.2, 0) is 13.6 Å². The van der Waals surface area contributed by atoms with Gasteiger partial charge in [-0.25, -0.2) is 4.79 Å². The van der Waals surface area contributed by atoms with Crippen LogP contribution in [0.5, 0.6) is 0 Å². The summed E-state index contributed by atoms with van der Waals surface area (Å²) in [5, 5.41) is 0. The summed E-state index contributed by atoms with van der Waals surface area (Å²) in [7, 11) is 1.61. The predicted molar refractivity (Wildman–Crippen MR) is 83.0 cm³/mol. The van der Waals surface area contributed by atoms with Crippen molar-refractivity contribution in [2.75, 3.05) is 5.73 Å². The fourth-order valence-corrected chi connectivity index (χ4v) is 2.35. The van der Waals surface area contributed by atoms with Crippen LogP contribution in [0.15, 0.2) is 15.8 Å². The molecule has 1 aromatic rings. The van der Waals surface area contributed by atoms with Gasteiger partial charge in [0.2, 0.25) is 0 Å². The number of nitrogen functional groups attached to an aromatic ring is 1. The quantitative estimate of drug-likeness (QED) is 0.706. The maximum absolute atomic E-state index is 11.9. The highest BCUT2D eigenvalue weighted by molar-refractivity contribution is 5.30. The zero-order valence-electron chi connectivity index (χ0n) is 12.7. The molecule has 2 N–H and O–H groups in total.